The maximum atomic E-state index is 2.41. The van der Waals surface area contributed by atoms with Crippen molar-refractivity contribution in [3.63, 3.8) is 0 Å². The molecule has 1 aromatic heterocycles. The lowest BCUT2D eigenvalue weighted by molar-refractivity contribution is -0.659. The first-order valence-corrected chi connectivity index (χ1v) is 9.71. The molecule has 0 N–H and O–H groups in total. The summed E-state index contributed by atoms with van der Waals surface area (Å²) in [5, 5.41) is 2.65. The Morgan fingerprint density at radius 3 is 2.33 bits per heavy atom. The number of aryl methyl sites for hydroxylation is 2. The van der Waals surface area contributed by atoms with Gasteiger partial charge in [-0.15, -0.1) is 0 Å². The molecule has 1 nitrogen and oxygen atoms in total. The lowest BCUT2D eigenvalue weighted by atomic mass is 9.89. The van der Waals surface area contributed by atoms with Gasteiger partial charge in [0.15, 0.2) is 6.20 Å². The van der Waals surface area contributed by atoms with Crippen LogP contribution in [0, 0.1) is 6.92 Å². The van der Waals surface area contributed by atoms with Crippen molar-refractivity contribution < 1.29 is 4.57 Å². The zero-order chi connectivity index (χ0) is 18.7. The molecule has 132 valence electrons. The van der Waals surface area contributed by atoms with Crippen LogP contribution in [0.1, 0.15) is 30.9 Å². The summed E-state index contributed by atoms with van der Waals surface area (Å²) in [6.45, 7) is 6.72. The fourth-order valence-electron chi connectivity index (χ4n) is 4.43. The minimum Gasteiger partial charge on any atom is -0.200 e. The molecule has 0 unspecified atom stereocenters. The minimum atomic E-state index is 0.515. The summed E-state index contributed by atoms with van der Waals surface area (Å²) >= 11 is 0. The Bertz CT molecular complexity index is 1210. The SMILES string of the molecule is Cc1ccc2c(c1)-c1cc(C(C)C)ccc1-c1cccc3cc[n+](C)c-2c13. The van der Waals surface area contributed by atoms with Crippen LogP contribution in [0.2, 0.25) is 0 Å². The molecule has 1 heterocycles. The Morgan fingerprint density at radius 2 is 1.52 bits per heavy atom. The van der Waals surface area contributed by atoms with Crippen LogP contribution in [-0.4, -0.2) is 0 Å². The predicted octanol–water partition coefficient (Wildman–Crippen LogP) is 6.41. The van der Waals surface area contributed by atoms with Gasteiger partial charge in [0.2, 0.25) is 5.69 Å². The highest BCUT2D eigenvalue weighted by Gasteiger charge is 2.27. The van der Waals surface area contributed by atoms with E-state index in [1.807, 2.05) is 0 Å². The van der Waals surface area contributed by atoms with Crippen molar-refractivity contribution in [2.45, 2.75) is 26.7 Å². The second-order valence-electron chi connectivity index (χ2n) is 8.05. The largest absolute Gasteiger partial charge is 0.221 e. The van der Waals surface area contributed by atoms with E-state index >= 15 is 0 Å². The second-order valence-corrected chi connectivity index (χ2v) is 8.05. The van der Waals surface area contributed by atoms with Crippen LogP contribution >= 0.6 is 0 Å². The zero-order valence-electron chi connectivity index (χ0n) is 16.4. The molecule has 4 aromatic rings. The van der Waals surface area contributed by atoms with E-state index in [1.54, 1.807) is 0 Å². The van der Waals surface area contributed by atoms with Crippen molar-refractivity contribution in [1.82, 2.24) is 0 Å². The molecule has 0 aliphatic heterocycles. The Kier molecular flexibility index (Phi) is 3.48. The molecule has 0 bridgehead atoms. The number of benzene rings is 3. The van der Waals surface area contributed by atoms with E-state index in [-0.39, 0.29) is 0 Å². The standard InChI is InChI=1S/C26H24N/c1-16(2)19-9-11-20-21-7-5-6-18-12-13-27(4)26(25(18)21)22-10-8-17(3)14-23(22)24(20)15-19/h5-16H,1-4H3/q+1. The minimum absolute atomic E-state index is 0.515. The van der Waals surface area contributed by atoms with Gasteiger partial charge in [0.1, 0.15) is 7.05 Å². The van der Waals surface area contributed by atoms with Crippen molar-refractivity contribution in [2.24, 2.45) is 7.05 Å². The Morgan fingerprint density at radius 1 is 0.741 bits per heavy atom. The summed E-state index contributed by atoms with van der Waals surface area (Å²) in [5.41, 5.74) is 10.7. The van der Waals surface area contributed by atoms with Gasteiger partial charge in [-0.3, -0.25) is 0 Å². The molecule has 0 radical (unpaired) electrons. The van der Waals surface area contributed by atoms with Gasteiger partial charge >= 0.3 is 0 Å². The monoisotopic (exact) mass is 350 g/mol. The maximum Gasteiger partial charge on any atom is 0.221 e. The van der Waals surface area contributed by atoms with Crippen LogP contribution in [-0.2, 0) is 7.05 Å². The van der Waals surface area contributed by atoms with E-state index in [4.69, 9.17) is 0 Å². The first kappa shape index (κ1) is 16.3. The van der Waals surface area contributed by atoms with E-state index < -0.39 is 0 Å². The van der Waals surface area contributed by atoms with E-state index in [1.165, 1.54) is 55.4 Å². The highest BCUT2D eigenvalue weighted by atomic mass is 14.9. The third-order valence-corrected chi connectivity index (χ3v) is 5.88. The van der Waals surface area contributed by atoms with E-state index in [0.29, 0.717) is 5.92 Å². The third kappa shape index (κ3) is 2.35. The van der Waals surface area contributed by atoms with Gasteiger partial charge in [-0.25, -0.2) is 4.57 Å². The van der Waals surface area contributed by atoms with Gasteiger partial charge in [-0.1, -0.05) is 67.9 Å². The van der Waals surface area contributed by atoms with Gasteiger partial charge in [0, 0.05) is 6.07 Å². The number of hydrogen-bond donors (Lipinski definition) is 0. The first-order chi connectivity index (χ1) is 13.0. The number of fused-ring (bicyclic) bond motifs is 5. The predicted molar refractivity (Wildman–Crippen MR) is 114 cm³/mol. The van der Waals surface area contributed by atoms with Crippen molar-refractivity contribution in [2.75, 3.05) is 0 Å². The third-order valence-electron chi connectivity index (χ3n) is 5.88. The first-order valence-electron chi connectivity index (χ1n) is 9.71. The van der Waals surface area contributed by atoms with Crippen LogP contribution < -0.4 is 4.57 Å². The maximum absolute atomic E-state index is 2.41. The molecule has 0 spiro atoms. The number of pyridine rings is 1. The molecule has 0 saturated carbocycles. The summed E-state index contributed by atoms with van der Waals surface area (Å²) in [6, 6.07) is 22.8. The number of hydrogen-bond acceptors (Lipinski definition) is 0. The normalized spacial score (nSPS) is 12.0. The molecule has 3 aromatic carbocycles. The number of nitrogens with zero attached hydrogens (tertiary/aromatic N) is 1. The van der Waals surface area contributed by atoms with Crippen LogP contribution in [0.3, 0.4) is 0 Å². The summed E-state index contributed by atoms with van der Waals surface area (Å²) in [6.07, 6.45) is 2.18. The van der Waals surface area contributed by atoms with Crippen molar-refractivity contribution >= 4 is 10.8 Å². The van der Waals surface area contributed by atoms with Crippen LogP contribution in [0.5, 0.6) is 0 Å². The van der Waals surface area contributed by atoms with Crippen LogP contribution in [0.25, 0.3) is 44.3 Å². The quantitative estimate of drug-likeness (QED) is 0.308. The molecule has 0 amide bonds. The summed E-state index contributed by atoms with van der Waals surface area (Å²) in [5.74, 6) is 0.515. The molecule has 27 heavy (non-hydrogen) atoms. The Balaban J connectivity index is 2.03. The Labute approximate surface area is 160 Å². The van der Waals surface area contributed by atoms with E-state index in [0.717, 1.165) is 0 Å². The van der Waals surface area contributed by atoms with E-state index in [2.05, 4.69) is 99.2 Å². The molecule has 0 fully saturated rings. The molecular formula is C26H24N+. The fraction of sp³-hybridized carbons (Fsp3) is 0.192. The molecule has 1 aliphatic carbocycles. The molecule has 5 rings (SSSR count). The fourth-order valence-corrected chi connectivity index (χ4v) is 4.43. The van der Waals surface area contributed by atoms with Crippen LogP contribution in [0.15, 0.2) is 66.9 Å². The molecule has 1 heteroatoms. The van der Waals surface area contributed by atoms with Gasteiger partial charge in [-0.05, 0) is 52.1 Å². The second kappa shape index (κ2) is 5.79. The smallest absolute Gasteiger partial charge is 0.200 e. The summed E-state index contributed by atoms with van der Waals surface area (Å²) in [7, 11) is 2.16. The lowest BCUT2D eigenvalue weighted by Crippen LogP contribution is -2.30. The number of aromatic nitrogens is 1. The zero-order valence-corrected chi connectivity index (χ0v) is 16.4. The van der Waals surface area contributed by atoms with E-state index in [9.17, 15) is 0 Å². The van der Waals surface area contributed by atoms with Crippen molar-refractivity contribution in [3.05, 3.63) is 78.0 Å². The van der Waals surface area contributed by atoms with Gasteiger partial charge in [-0.2, -0.15) is 0 Å². The average molecular weight is 350 g/mol. The molecular weight excluding hydrogens is 326 g/mol. The molecule has 0 saturated heterocycles. The highest BCUT2D eigenvalue weighted by molar-refractivity contribution is 6.11. The van der Waals surface area contributed by atoms with Gasteiger partial charge in [0.05, 0.1) is 10.9 Å². The number of rotatable bonds is 1. The summed E-state index contributed by atoms with van der Waals surface area (Å²) in [4.78, 5) is 0. The average Bonchev–Trinajstić information content (AvgIpc) is 2.79. The van der Waals surface area contributed by atoms with Gasteiger partial charge < -0.3 is 0 Å². The Hall–Kier alpha value is -2.93. The van der Waals surface area contributed by atoms with Crippen molar-refractivity contribution in [1.29, 1.82) is 0 Å². The van der Waals surface area contributed by atoms with Crippen molar-refractivity contribution in [3.8, 4) is 33.5 Å². The molecule has 1 aliphatic rings. The highest BCUT2D eigenvalue weighted by Crippen LogP contribution is 2.46. The van der Waals surface area contributed by atoms with Gasteiger partial charge in [0.25, 0.3) is 0 Å². The topological polar surface area (TPSA) is 3.88 Å². The molecule has 0 atom stereocenters. The lowest BCUT2D eigenvalue weighted by Gasteiger charge is -2.14. The summed E-state index contributed by atoms with van der Waals surface area (Å²) < 4.78 is 2.27. The van der Waals surface area contributed by atoms with Crippen LogP contribution in [0.4, 0.5) is 0 Å².